The molecule has 0 bridgehead atoms. The van der Waals surface area contributed by atoms with Crippen LogP contribution >= 0.6 is 0 Å². The zero-order valence-electron chi connectivity index (χ0n) is 12.3. The van der Waals surface area contributed by atoms with Crippen LogP contribution < -0.4 is 10.2 Å². The molecule has 0 amide bonds. The molecule has 0 aliphatic carbocycles. The first-order chi connectivity index (χ1) is 9.13. The summed E-state index contributed by atoms with van der Waals surface area (Å²) in [4.78, 5) is 2.49. The summed E-state index contributed by atoms with van der Waals surface area (Å²) in [7, 11) is 0. The molecule has 3 heteroatoms. The number of hydrogen-bond acceptors (Lipinski definition) is 3. The number of aryl methyl sites for hydroxylation is 1. The highest BCUT2D eigenvalue weighted by Crippen LogP contribution is 2.27. The lowest BCUT2D eigenvalue weighted by Crippen LogP contribution is -2.41. The van der Waals surface area contributed by atoms with E-state index < -0.39 is 0 Å². The van der Waals surface area contributed by atoms with Crippen molar-refractivity contribution in [1.82, 2.24) is 5.32 Å². The van der Waals surface area contributed by atoms with Gasteiger partial charge in [0.05, 0.1) is 0 Å². The van der Waals surface area contributed by atoms with Crippen LogP contribution in [0.5, 0.6) is 0 Å². The van der Waals surface area contributed by atoms with Crippen molar-refractivity contribution in [2.24, 2.45) is 5.92 Å². The van der Waals surface area contributed by atoms with E-state index in [0.29, 0.717) is 12.0 Å². The van der Waals surface area contributed by atoms with E-state index >= 15 is 0 Å². The summed E-state index contributed by atoms with van der Waals surface area (Å²) in [5, 5.41) is 12.8. The van der Waals surface area contributed by atoms with Crippen molar-refractivity contribution in [3.8, 4) is 0 Å². The number of nitrogens with one attached hydrogen (secondary N) is 1. The number of aliphatic hydroxyl groups excluding tert-OH is 1. The molecule has 1 aromatic rings. The van der Waals surface area contributed by atoms with Crippen molar-refractivity contribution in [1.29, 1.82) is 0 Å². The maximum absolute atomic E-state index is 9.31. The Morgan fingerprint density at radius 3 is 2.84 bits per heavy atom. The first-order valence-electron chi connectivity index (χ1n) is 7.28. The standard InChI is InChI=1S/C16H26N2O/c1-12-9-17-10-15(7-8-19)18(11-12)16-6-4-5-13(2)14(16)3/h4-6,12,15,17,19H,7-11H2,1-3H3. The van der Waals surface area contributed by atoms with Gasteiger partial charge in [-0.3, -0.25) is 0 Å². The second-order valence-corrected chi connectivity index (χ2v) is 5.80. The van der Waals surface area contributed by atoms with E-state index in [9.17, 15) is 5.11 Å². The summed E-state index contributed by atoms with van der Waals surface area (Å²) in [6, 6.07) is 6.90. The minimum atomic E-state index is 0.252. The van der Waals surface area contributed by atoms with Gasteiger partial charge in [-0.2, -0.15) is 0 Å². The smallest absolute Gasteiger partial charge is 0.0451 e. The van der Waals surface area contributed by atoms with E-state index in [-0.39, 0.29) is 6.61 Å². The molecular weight excluding hydrogens is 236 g/mol. The van der Waals surface area contributed by atoms with E-state index in [1.165, 1.54) is 16.8 Å². The Labute approximate surface area is 116 Å². The Kier molecular flexibility index (Phi) is 4.83. The summed E-state index contributed by atoms with van der Waals surface area (Å²) in [5.41, 5.74) is 4.03. The van der Waals surface area contributed by atoms with Gasteiger partial charge in [-0.1, -0.05) is 19.1 Å². The fraction of sp³-hybridized carbons (Fsp3) is 0.625. The highest BCUT2D eigenvalue weighted by atomic mass is 16.3. The molecule has 1 aliphatic rings. The first-order valence-corrected chi connectivity index (χ1v) is 7.28. The van der Waals surface area contributed by atoms with E-state index in [4.69, 9.17) is 0 Å². The average Bonchev–Trinajstić information content (AvgIpc) is 2.56. The third-order valence-electron chi connectivity index (χ3n) is 4.17. The molecule has 19 heavy (non-hydrogen) atoms. The van der Waals surface area contributed by atoms with Crippen LogP contribution in [0.2, 0.25) is 0 Å². The molecule has 0 aromatic heterocycles. The van der Waals surface area contributed by atoms with Gasteiger partial charge in [-0.25, -0.2) is 0 Å². The number of anilines is 1. The summed E-state index contributed by atoms with van der Waals surface area (Å²) < 4.78 is 0. The van der Waals surface area contributed by atoms with Crippen molar-refractivity contribution < 1.29 is 5.11 Å². The average molecular weight is 262 g/mol. The second kappa shape index (κ2) is 6.40. The SMILES string of the molecule is Cc1cccc(N2CC(C)CNCC2CCO)c1C. The molecule has 106 valence electrons. The number of aliphatic hydroxyl groups is 1. The molecular formula is C16H26N2O. The predicted molar refractivity (Wildman–Crippen MR) is 80.8 cm³/mol. The lowest BCUT2D eigenvalue weighted by atomic mass is 10.0. The summed E-state index contributed by atoms with van der Waals surface area (Å²) in [6.07, 6.45) is 0.826. The summed E-state index contributed by atoms with van der Waals surface area (Å²) in [6.45, 7) is 9.97. The van der Waals surface area contributed by atoms with Gasteiger partial charge in [0.2, 0.25) is 0 Å². The lowest BCUT2D eigenvalue weighted by Gasteiger charge is -2.34. The molecule has 1 aromatic carbocycles. The number of rotatable bonds is 3. The van der Waals surface area contributed by atoms with Crippen LogP contribution in [0.4, 0.5) is 5.69 Å². The number of benzene rings is 1. The van der Waals surface area contributed by atoms with Crippen LogP contribution in [0.15, 0.2) is 18.2 Å². The number of hydrogen-bond donors (Lipinski definition) is 2. The third-order valence-corrected chi connectivity index (χ3v) is 4.17. The fourth-order valence-corrected chi connectivity index (χ4v) is 2.90. The van der Waals surface area contributed by atoms with Gasteiger partial charge in [-0.05, 0) is 49.9 Å². The molecule has 1 saturated heterocycles. The van der Waals surface area contributed by atoms with Gasteiger partial charge >= 0.3 is 0 Å². The minimum absolute atomic E-state index is 0.252. The molecule has 2 atom stereocenters. The normalized spacial score (nSPS) is 24.3. The van der Waals surface area contributed by atoms with E-state index in [2.05, 4.69) is 49.2 Å². The maximum Gasteiger partial charge on any atom is 0.0451 e. The number of nitrogens with zero attached hydrogens (tertiary/aromatic N) is 1. The fourth-order valence-electron chi connectivity index (χ4n) is 2.90. The first kappa shape index (κ1) is 14.4. The van der Waals surface area contributed by atoms with Gasteiger partial charge in [0.25, 0.3) is 0 Å². The molecule has 2 N–H and O–H groups in total. The van der Waals surface area contributed by atoms with Crippen molar-refractivity contribution >= 4 is 5.69 Å². The van der Waals surface area contributed by atoms with E-state index in [0.717, 1.165) is 26.1 Å². The predicted octanol–water partition coefficient (Wildman–Crippen LogP) is 2.10. The molecule has 1 fully saturated rings. The van der Waals surface area contributed by atoms with Crippen molar-refractivity contribution in [2.45, 2.75) is 33.2 Å². The Balaban J connectivity index is 2.32. The molecule has 2 rings (SSSR count). The largest absolute Gasteiger partial charge is 0.396 e. The molecule has 3 nitrogen and oxygen atoms in total. The van der Waals surface area contributed by atoms with Crippen LogP contribution in [-0.2, 0) is 0 Å². The lowest BCUT2D eigenvalue weighted by molar-refractivity contribution is 0.272. The van der Waals surface area contributed by atoms with Crippen molar-refractivity contribution in [3.05, 3.63) is 29.3 Å². The second-order valence-electron chi connectivity index (χ2n) is 5.80. The molecule has 1 aliphatic heterocycles. The van der Waals surface area contributed by atoms with E-state index in [1.807, 2.05) is 0 Å². The summed E-state index contributed by atoms with van der Waals surface area (Å²) in [5.74, 6) is 0.628. The van der Waals surface area contributed by atoms with Gasteiger partial charge in [0.1, 0.15) is 0 Å². The zero-order chi connectivity index (χ0) is 13.8. The van der Waals surface area contributed by atoms with E-state index in [1.54, 1.807) is 0 Å². The highest BCUT2D eigenvalue weighted by Gasteiger charge is 2.24. The Morgan fingerprint density at radius 2 is 2.11 bits per heavy atom. The van der Waals surface area contributed by atoms with Gasteiger partial charge in [0, 0.05) is 31.4 Å². The van der Waals surface area contributed by atoms with Crippen LogP contribution in [0, 0.1) is 19.8 Å². The highest BCUT2D eigenvalue weighted by molar-refractivity contribution is 5.57. The van der Waals surface area contributed by atoms with Crippen LogP contribution in [0.3, 0.4) is 0 Å². The monoisotopic (exact) mass is 262 g/mol. The molecule has 1 heterocycles. The quantitative estimate of drug-likeness (QED) is 0.875. The Bertz CT molecular complexity index is 419. The van der Waals surface area contributed by atoms with Crippen LogP contribution in [0.1, 0.15) is 24.5 Å². The van der Waals surface area contributed by atoms with Gasteiger partial charge < -0.3 is 15.3 Å². The minimum Gasteiger partial charge on any atom is -0.396 e. The zero-order valence-corrected chi connectivity index (χ0v) is 12.3. The van der Waals surface area contributed by atoms with Crippen LogP contribution in [0.25, 0.3) is 0 Å². The molecule has 2 unspecified atom stereocenters. The topological polar surface area (TPSA) is 35.5 Å². The Hall–Kier alpha value is -1.06. The Morgan fingerprint density at radius 1 is 1.32 bits per heavy atom. The van der Waals surface area contributed by atoms with Crippen molar-refractivity contribution in [3.63, 3.8) is 0 Å². The van der Waals surface area contributed by atoms with Crippen LogP contribution in [-0.4, -0.2) is 37.4 Å². The summed E-state index contributed by atoms with van der Waals surface area (Å²) >= 11 is 0. The van der Waals surface area contributed by atoms with Crippen molar-refractivity contribution in [2.75, 3.05) is 31.1 Å². The third kappa shape index (κ3) is 3.28. The maximum atomic E-state index is 9.31. The van der Waals surface area contributed by atoms with Gasteiger partial charge in [-0.15, -0.1) is 0 Å². The molecule has 0 radical (unpaired) electrons. The molecule has 0 spiro atoms. The molecule has 0 saturated carbocycles. The van der Waals surface area contributed by atoms with Gasteiger partial charge in [0.15, 0.2) is 0 Å².